The molecule has 1 atom stereocenters. The third-order valence-corrected chi connectivity index (χ3v) is 4.34. The van der Waals surface area contributed by atoms with Gasteiger partial charge in [0.1, 0.15) is 17.2 Å². The molecule has 0 radical (unpaired) electrons. The molecule has 0 aliphatic carbocycles. The minimum atomic E-state index is -1.05. The van der Waals surface area contributed by atoms with Crippen LogP contribution in [0.2, 0.25) is 0 Å². The van der Waals surface area contributed by atoms with Crippen molar-refractivity contribution in [1.82, 2.24) is 0 Å². The Morgan fingerprint density at radius 2 is 1.78 bits per heavy atom. The van der Waals surface area contributed by atoms with Crippen molar-refractivity contribution in [3.8, 4) is 0 Å². The molecule has 1 unspecified atom stereocenters. The fourth-order valence-electron chi connectivity index (χ4n) is 2.24. The lowest BCUT2D eigenvalue weighted by Crippen LogP contribution is -2.48. The summed E-state index contributed by atoms with van der Waals surface area (Å²) in [6.07, 6.45) is 0. The second-order valence-corrected chi connectivity index (χ2v) is 5.92. The van der Waals surface area contributed by atoms with Gasteiger partial charge in [-0.15, -0.1) is 0 Å². The molecule has 4 heteroatoms. The van der Waals surface area contributed by atoms with E-state index in [9.17, 15) is 13.9 Å². The number of benzene rings is 1. The van der Waals surface area contributed by atoms with Gasteiger partial charge >= 0.3 is 0 Å². The molecule has 2 nitrogen and oxygen atoms in total. The van der Waals surface area contributed by atoms with Crippen LogP contribution in [0.25, 0.3) is 0 Å². The number of ether oxygens (including phenoxy) is 1. The lowest BCUT2D eigenvalue weighted by molar-refractivity contribution is -0.0825. The van der Waals surface area contributed by atoms with Crippen molar-refractivity contribution in [3.63, 3.8) is 0 Å². The monoisotopic (exact) mass is 256 g/mol. The van der Waals surface area contributed by atoms with Crippen molar-refractivity contribution < 1.29 is 18.6 Å². The molecule has 1 aliphatic rings. The second kappa shape index (κ2) is 3.75. The molecule has 1 aromatic rings. The molecule has 0 amide bonds. The van der Waals surface area contributed by atoms with Gasteiger partial charge in [0.15, 0.2) is 0 Å². The van der Waals surface area contributed by atoms with Crippen LogP contribution in [0.3, 0.4) is 0 Å². The molecule has 100 valence electrons. The topological polar surface area (TPSA) is 32.8 Å². The first-order valence-electron chi connectivity index (χ1n) is 5.94. The van der Waals surface area contributed by atoms with E-state index in [4.69, 9.17) is 4.74 Å². The normalized spacial score (nSPS) is 24.2. The van der Waals surface area contributed by atoms with E-state index in [0.717, 1.165) is 6.07 Å². The highest BCUT2D eigenvalue weighted by molar-refractivity contribution is 5.33. The van der Waals surface area contributed by atoms with Gasteiger partial charge in [-0.2, -0.15) is 0 Å². The minimum absolute atomic E-state index is 0.302. The smallest absolute Gasteiger partial charge is 0.132 e. The summed E-state index contributed by atoms with van der Waals surface area (Å²) in [6, 6.07) is 3.45. The van der Waals surface area contributed by atoms with Crippen LogP contribution in [0.15, 0.2) is 18.2 Å². The minimum Gasteiger partial charge on any atom is -0.390 e. The predicted molar refractivity (Wildman–Crippen MR) is 64.1 cm³/mol. The molecule has 0 aromatic heterocycles. The summed E-state index contributed by atoms with van der Waals surface area (Å²) < 4.78 is 32.3. The lowest BCUT2D eigenvalue weighted by Gasteiger charge is -2.42. The summed E-state index contributed by atoms with van der Waals surface area (Å²) in [6.45, 7) is 7.30. The first kappa shape index (κ1) is 13.4. The van der Waals surface area contributed by atoms with Gasteiger partial charge in [-0.25, -0.2) is 8.78 Å². The average molecular weight is 256 g/mol. The first-order chi connectivity index (χ1) is 8.12. The molecule has 1 N–H and O–H groups in total. The zero-order chi connectivity index (χ0) is 13.8. The van der Waals surface area contributed by atoms with Gasteiger partial charge in [0, 0.05) is 17.0 Å². The predicted octanol–water partition coefficient (Wildman–Crippen LogP) is 2.99. The average Bonchev–Trinajstić information content (AvgIpc) is 2.96. The van der Waals surface area contributed by atoms with E-state index < -0.39 is 28.3 Å². The largest absolute Gasteiger partial charge is 0.390 e. The van der Waals surface area contributed by atoms with Crippen LogP contribution in [0.1, 0.15) is 33.3 Å². The van der Waals surface area contributed by atoms with E-state index in [-0.39, 0.29) is 0 Å². The van der Waals surface area contributed by atoms with Crippen molar-refractivity contribution in [2.24, 2.45) is 5.41 Å². The van der Waals surface area contributed by atoms with Crippen molar-refractivity contribution in [2.75, 3.05) is 6.61 Å². The van der Waals surface area contributed by atoms with Gasteiger partial charge in [-0.3, -0.25) is 0 Å². The molecule has 0 spiro atoms. The molecule has 1 fully saturated rings. The first-order valence-corrected chi connectivity index (χ1v) is 5.94. The molecular formula is C14H18F2O2. The van der Waals surface area contributed by atoms with Crippen LogP contribution >= 0.6 is 0 Å². The molecule has 2 rings (SSSR count). The van der Waals surface area contributed by atoms with Gasteiger partial charge < -0.3 is 9.84 Å². The fraction of sp³-hybridized carbons (Fsp3) is 0.571. The van der Waals surface area contributed by atoms with Crippen LogP contribution in [-0.4, -0.2) is 17.3 Å². The van der Waals surface area contributed by atoms with E-state index >= 15 is 0 Å². The fourth-order valence-corrected chi connectivity index (χ4v) is 2.24. The van der Waals surface area contributed by atoms with Crippen molar-refractivity contribution in [1.29, 1.82) is 0 Å². The third-order valence-electron chi connectivity index (χ3n) is 4.34. The van der Waals surface area contributed by atoms with E-state index in [1.807, 2.05) is 13.8 Å². The Morgan fingerprint density at radius 1 is 1.22 bits per heavy atom. The Balaban J connectivity index is 2.50. The zero-order valence-electron chi connectivity index (χ0n) is 11.1. The number of hydrogen-bond donors (Lipinski definition) is 1. The molecule has 1 heterocycles. The Labute approximate surface area is 106 Å². The maximum absolute atomic E-state index is 13.9. The van der Waals surface area contributed by atoms with Gasteiger partial charge in [0.2, 0.25) is 0 Å². The van der Waals surface area contributed by atoms with Crippen LogP contribution in [0.5, 0.6) is 0 Å². The van der Waals surface area contributed by atoms with Crippen LogP contribution in [0, 0.1) is 17.0 Å². The van der Waals surface area contributed by atoms with E-state index in [2.05, 4.69) is 0 Å². The molecule has 1 saturated heterocycles. The number of aliphatic hydroxyl groups is 1. The summed E-state index contributed by atoms with van der Waals surface area (Å²) >= 11 is 0. The van der Waals surface area contributed by atoms with Crippen molar-refractivity contribution in [2.45, 2.75) is 38.9 Å². The second-order valence-electron chi connectivity index (χ2n) is 5.92. The number of hydrogen-bond acceptors (Lipinski definition) is 2. The Kier molecular flexibility index (Phi) is 2.80. The Bertz CT molecular complexity index is 471. The maximum Gasteiger partial charge on any atom is 0.132 e. The van der Waals surface area contributed by atoms with Crippen LogP contribution in [-0.2, 0) is 10.3 Å². The highest BCUT2D eigenvalue weighted by Gasteiger charge is 2.64. The standard InChI is InChI=1S/C14H18F2O2/c1-12(2,13(3,4)17)14(8-18-14)10-6-5-9(15)7-11(10)16/h5-7,17H,8H2,1-4H3. The summed E-state index contributed by atoms with van der Waals surface area (Å²) in [7, 11) is 0. The van der Waals surface area contributed by atoms with Gasteiger partial charge in [-0.05, 0) is 19.9 Å². The zero-order valence-corrected chi connectivity index (χ0v) is 11.1. The van der Waals surface area contributed by atoms with E-state index in [0.29, 0.717) is 12.2 Å². The molecule has 0 bridgehead atoms. The summed E-state index contributed by atoms with van der Waals surface area (Å²) in [5, 5.41) is 10.3. The molecule has 1 aromatic carbocycles. The van der Waals surface area contributed by atoms with Crippen LogP contribution in [0.4, 0.5) is 8.78 Å². The van der Waals surface area contributed by atoms with Crippen molar-refractivity contribution in [3.05, 3.63) is 35.4 Å². The van der Waals surface area contributed by atoms with E-state index in [1.54, 1.807) is 13.8 Å². The quantitative estimate of drug-likeness (QED) is 0.843. The van der Waals surface area contributed by atoms with E-state index in [1.165, 1.54) is 12.1 Å². The number of rotatable bonds is 3. The molecule has 1 aliphatic heterocycles. The molecule has 0 saturated carbocycles. The lowest BCUT2D eigenvalue weighted by atomic mass is 9.65. The van der Waals surface area contributed by atoms with Gasteiger partial charge in [0.25, 0.3) is 0 Å². The third kappa shape index (κ3) is 1.75. The highest BCUT2D eigenvalue weighted by atomic mass is 19.1. The summed E-state index contributed by atoms with van der Waals surface area (Å²) in [5.74, 6) is -1.25. The highest BCUT2D eigenvalue weighted by Crippen LogP contribution is 2.57. The number of halogens is 2. The van der Waals surface area contributed by atoms with Gasteiger partial charge in [-0.1, -0.05) is 19.9 Å². The molecular weight excluding hydrogens is 238 g/mol. The summed E-state index contributed by atoms with van der Waals surface area (Å²) in [5.41, 5.74) is -2.33. The molecule has 18 heavy (non-hydrogen) atoms. The van der Waals surface area contributed by atoms with Crippen LogP contribution < -0.4 is 0 Å². The Hall–Kier alpha value is -1.00. The maximum atomic E-state index is 13.9. The SMILES string of the molecule is CC(C)(O)C(C)(C)C1(c2ccc(F)cc2F)CO1. The summed E-state index contributed by atoms with van der Waals surface area (Å²) in [4.78, 5) is 0. The number of epoxide rings is 1. The Morgan fingerprint density at radius 3 is 2.17 bits per heavy atom. The van der Waals surface area contributed by atoms with Gasteiger partial charge in [0.05, 0.1) is 12.2 Å². The van der Waals surface area contributed by atoms with Crippen molar-refractivity contribution >= 4 is 0 Å².